The first kappa shape index (κ1) is 11.6. The number of rotatable bonds is 3. The second-order valence-corrected chi connectivity index (χ2v) is 6.27. The van der Waals surface area contributed by atoms with Crippen LogP contribution in [0, 0.1) is 19.3 Å². The Labute approximate surface area is 99.8 Å². The van der Waals surface area contributed by atoms with Gasteiger partial charge < -0.3 is 10.1 Å². The summed E-state index contributed by atoms with van der Waals surface area (Å²) in [7, 11) is 0. The van der Waals surface area contributed by atoms with Crippen molar-refractivity contribution in [1.29, 1.82) is 0 Å². The van der Waals surface area contributed by atoms with Crippen LogP contribution in [0.4, 0.5) is 0 Å². The van der Waals surface area contributed by atoms with Crippen LogP contribution in [0.15, 0.2) is 6.07 Å². The maximum Gasteiger partial charge on any atom is 0.252 e. The Hall–Kier alpha value is -0.870. The number of thiophene rings is 1. The minimum Gasteiger partial charge on any atom is -0.380 e. The third-order valence-electron chi connectivity index (χ3n) is 2.86. The maximum absolute atomic E-state index is 11.9. The van der Waals surface area contributed by atoms with Gasteiger partial charge in [0.1, 0.15) is 0 Å². The van der Waals surface area contributed by atoms with Gasteiger partial charge in [-0.05, 0) is 19.9 Å². The Bertz CT molecular complexity index is 407. The molecule has 0 aromatic carbocycles. The molecule has 2 rings (SSSR count). The highest BCUT2D eigenvalue weighted by Crippen LogP contribution is 2.26. The lowest BCUT2D eigenvalue weighted by Gasteiger charge is -2.38. The van der Waals surface area contributed by atoms with E-state index in [-0.39, 0.29) is 11.3 Å². The molecule has 1 saturated heterocycles. The van der Waals surface area contributed by atoms with Crippen molar-refractivity contribution in [3.8, 4) is 0 Å². The molecule has 1 fully saturated rings. The Morgan fingerprint density at radius 3 is 2.69 bits per heavy atom. The largest absolute Gasteiger partial charge is 0.380 e. The van der Waals surface area contributed by atoms with E-state index in [4.69, 9.17) is 4.74 Å². The molecule has 1 aromatic rings. The third-order valence-corrected chi connectivity index (χ3v) is 3.83. The summed E-state index contributed by atoms with van der Waals surface area (Å²) in [5.41, 5.74) is 0.945. The molecule has 0 unspecified atom stereocenters. The van der Waals surface area contributed by atoms with Crippen LogP contribution in [-0.4, -0.2) is 25.7 Å². The van der Waals surface area contributed by atoms with E-state index < -0.39 is 0 Å². The van der Waals surface area contributed by atoms with Gasteiger partial charge >= 0.3 is 0 Å². The number of aryl methyl sites for hydroxylation is 2. The van der Waals surface area contributed by atoms with E-state index in [1.165, 1.54) is 4.88 Å². The molecule has 3 nitrogen and oxygen atoms in total. The van der Waals surface area contributed by atoms with E-state index in [1.807, 2.05) is 19.9 Å². The van der Waals surface area contributed by atoms with E-state index in [0.29, 0.717) is 6.54 Å². The van der Waals surface area contributed by atoms with Crippen molar-refractivity contribution in [2.45, 2.75) is 20.8 Å². The minimum absolute atomic E-state index is 0.0370. The highest BCUT2D eigenvalue weighted by molar-refractivity contribution is 7.12. The van der Waals surface area contributed by atoms with Gasteiger partial charge in [-0.2, -0.15) is 0 Å². The lowest BCUT2D eigenvalue weighted by Crippen LogP contribution is -2.48. The average molecular weight is 239 g/mol. The number of carbonyl (C=O) groups is 1. The normalized spacial score (nSPS) is 17.9. The number of amides is 1. The monoisotopic (exact) mass is 239 g/mol. The zero-order valence-electron chi connectivity index (χ0n) is 9.92. The molecule has 0 radical (unpaired) electrons. The maximum atomic E-state index is 11.9. The molecule has 2 heterocycles. The number of carbonyl (C=O) groups excluding carboxylic acids is 1. The summed E-state index contributed by atoms with van der Waals surface area (Å²) in [5.74, 6) is 0.0370. The molecule has 1 amide bonds. The van der Waals surface area contributed by atoms with Crippen LogP contribution >= 0.6 is 11.3 Å². The van der Waals surface area contributed by atoms with Crippen molar-refractivity contribution in [3.63, 3.8) is 0 Å². The van der Waals surface area contributed by atoms with Crippen molar-refractivity contribution < 1.29 is 9.53 Å². The molecule has 0 bridgehead atoms. The first-order valence-electron chi connectivity index (χ1n) is 5.43. The van der Waals surface area contributed by atoms with Crippen LogP contribution in [0.25, 0.3) is 0 Å². The molecule has 1 N–H and O–H groups in total. The summed E-state index contributed by atoms with van der Waals surface area (Å²) in [4.78, 5) is 14.2. The Balaban J connectivity index is 1.95. The molecule has 1 aromatic heterocycles. The van der Waals surface area contributed by atoms with Crippen LogP contribution < -0.4 is 5.32 Å². The van der Waals surface area contributed by atoms with Crippen molar-refractivity contribution in [2.75, 3.05) is 19.8 Å². The zero-order chi connectivity index (χ0) is 11.8. The van der Waals surface area contributed by atoms with Crippen LogP contribution in [0.3, 0.4) is 0 Å². The molecule has 0 aliphatic carbocycles. The Morgan fingerprint density at radius 1 is 1.56 bits per heavy atom. The second kappa shape index (κ2) is 4.18. The van der Waals surface area contributed by atoms with Gasteiger partial charge in [0.15, 0.2) is 0 Å². The molecule has 4 heteroatoms. The molecule has 1 aliphatic rings. The summed E-state index contributed by atoms with van der Waals surface area (Å²) < 4.78 is 5.15. The van der Waals surface area contributed by atoms with E-state index >= 15 is 0 Å². The van der Waals surface area contributed by atoms with Gasteiger partial charge in [-0.25, -0.2) is 0 Å². The van der Waals surface area contributed by atoms with Crippen molar-refractivity contribution in [3.05, 3.63) is 21.4 Å². The number of hydrogen-bond acceptors (Lipinski definition) is 3. The predicted octanol–water partition coefficient (Wildman–Crippen LogP) is 2.13. The number of ether oxygens (including phenoxy) is 1. The topological polar surface area (TPSA) is 38.3 Å². The first-order chi connectivity index (χ1) is 7.50. The predicted molar refractivity (Wildman–Crippen MR) is 65.1 cm³/mol. The van der Waals surface area contributed by atoms with E-state index in [9.17, 15) is 4.79 Å². The Kier molecular flexibility index (Phi) is 3.04. The first-order valence-corrected chi connectivity index (χ1v) is 6.25. The lowest BCUT2D eigenvalue weighted by molar-refractivity contribution is -0.0978. The fourth-order valence-electron chi connectivity index (χ4n) is 1.80. The molecule has 88 valence electrons. The van der Waals surface area contributed by atoms with Gasteiger partial charge in [0.2, 0.25) is 0 Å². The molecule has 0 saturated carbocycles. The van der Waals surface area contributed by atoms with Crippen molar-refractivity contribution in [1.82, 2.24) is 5.32 Å². The molecular weight excluding hydrogens is 222 g/mol. The second-order valence-electron chi connectivity index (χ2n) is 4.81. The quantitative estimate of drug-likeness (QED) is 0.877. The summed E-state index contributed by atoms with van der Waals surface area (Å²) >= 11 is 1.67. The van der Waals surface area contributed by atoms with Gasteiger partial charge in [-0.15, -0.1) is 11.3 Å². The molecule has 16 heavy (non-hydrogen) atoms. The number of nitrogens with one attached hydrogen (secondary N) is 1. The third kappa shape index (κ3) is 2.28. The average Bonchev–Trinajstić information content (AvgIpc) is 2.51. The minimum atomic E-state index is 0.0370. The molecule has 0 spiro atoms. The standard InChI is InChI=1S/C12H17NO2S/c1-8-4-10(9(2)16-8)11(14)13-5-12(3)6-15-7-12/h4H,5-7H2,1-3H3,(H,13,14). The van der Waals surface area contributed by atoms with Crippen molar-refractivity contribution in [2.24, 2.45) is 5.41 Å². The van der Waals surface area contributed by atoms with Crippen LogP contribution in [0.1, 0.15) is 27.0 Å². The summed E-state index contributed by atoms with van der Waals surface area (Å²) in [6, 6.07) is 1.95. The molecular formula is C12H17NO2S. The van der Waals surface area contributed by atoms with E-state index in [0.717, 1.165) is 23.7 Å². The summed E-state index contributed by atoms with van der Waals surface area (Å²) in [5, 5.41) is 2.98. The number of hydrogen-bond donors (Lipinski definition) is 1. The smallest absolute Gasteiger partial charge is 0.252 e. The van der Waals surface area contributed by atoms with Crippen LogP contribution in [0.5, 0.6) is 0 Å². The van der Waals surface area contributed by atoms with Gasteiger partial charge in [0.05, 0.1) is 18.8 Å². The molecule has 1 aliphatic heterocycles. The van der Waals surface area contributed by atoms with Crippen molar-refractivity contribution >= 4 is 17.2 Å². The zero-order valence-corrected chi connectivity index (χ0v) is 10.7. The highest BCUT2D eigenvalue weighted by atomic mass is 32.1. The Morgan fingerprint density at radius 2 is 2.25 bits per heavy atom. The SMILES string of the molecule is Cc1cc(C(=O)NCC2(C)COC2)c(C)s1. The molecule has 0 atom stereocenters. The van der Waals surface area contributed by atoms with Gasteiger partial charge in [0.25, 0.3) is 5.91 Å². The van der Waals surface area contributed by atoms with Gasteiger partial charge in [0, 0.05) is 21.7 Å². The van der Waals surface area contributed by atoms with Crippen LogP contribution in [0.2, 0.25) is 0 Å². The summed E-state index contributed by atoms with van der Waals surface area (Å²) in [6.45, 7) is 8.32. The van der Waals surface area contributed by atoms with E-state index in [2.05, 4.69) is 12.2 Å². The van der Waals surface area contributed by atoms with Gasteiger partial charge in [-0.3, -0.25) is 4.79 Å². The lowest BCUT2D eigenvalue weighted by atomic mass is 9.89. The van der Waals surface area contributed by atoms with E-state index in [1.54, 1.807) is 11.3 Å². The highest BCUT2D eigenvalue weighted by Gasteiger charge is 2.33. The fourth-order valence-corrected chi connectivity index (χ4v) is 2.72. The summed E-state index contributed by atoms with van der Waals surface area (Å²) in [6.07, 6.45) is 0. The van der Waals surface area contributed by atoms with Gasteiger partial charge in [-0.1, -0.05) is 6.92 Å². The fraction of sp³-hybridized carbons (Fsp3) is 0.583. The van der Waals surface area contributed by atoms with Crippen LogP contribution in [-0.2, 0) is 4.74 Å².